The largest absolute Gasteiger partial charge is 0.305 e. The van der Waals surface area contributed by atoms with Crippen molar-refractivity contribution in [3.63, 3.8) is 0 Å². The fourth-order valence-corrected chi connectivity index (χ4v) is 3.36. The molecule has 0 spiro atoms. The molecule has 0 aromatic heterocycles. The van der Waals surface area contributed by atoms with Gasteiger partial charge in [0.05, 0.1) is 6.04 Å². The van der Waals surface area contributed by atoms with Gasteiger partial charge in [-0.3, -0.25) is 9.59 Å². The van der Waals surface area contributed by atoms with Crippen LogP contribution in [-0.2, 0) is 16.0 Å². The number of ketones is 2. The Morgan fingerprint density at radius 2 is 1.65 bits per heavy atom. The second-order valence-electron chi connectivity index (χ2n) is 7.98. The molecule has 1 aromatic carbocycles. The summed E-state index contributed by atoms with van der Waals surface area (Å²) in [5, 5.41) is 3.41. The molecular weight excluding hydrogens is 322 g/mol. The van der Waals surface area contributed by atoms with E-state index in [0.29, 0.717) is 12.8 Å². The van der Waals surface area contributed by atoms with E-state index in [1.807, 2.05) is 32.0 Å². The molecule has 0 aliphatic carbocycles. The minimum absolute atomic E-state index is 0.0138. The van der Waals surface area contributed by atoms with Gasteiger partial charge in [0.15, 0.2) is 5.78 Å². The molecule has 0 radical (unpaired) electrons. The van der Waals surface area contributed by atoms with Crippen LogP contribution >= 0.6 is 0 Å². The zero-order chi connectivity index (χ0) is 19.5. The average molecular weight is 360 g/mol. The van der Waals surface area contributed by atoms with Gasteiger partial charge in [0.1, 0.15) is 5.78 Å². The Kier molecular flexibility index (Phi) is 10.4. The summed E-state index contributed by atoms with van der Waals surface area (Å²) in [4.78, 5) is 25.6. The number of hydrogen-bond acceptors (Lipinski definition) is 3. The van der Waals surface area contributed by atoms with Crippen LogP contribution in [-0.4, -0.2) is 23.7 Å². The topological polar surface area (TPSA) is 46.2 Å². The summed E-state index contributed by atoms with van der Waals surface area (Å²) < 4.78 is 0. The first-order chi connectivity index (χ1) is 12.3. The number of carbonyl (C=O) groups excluding carboxylic acids is 2. The van der Waals surface area contributed by atoms with Crippen molar-refractivity contribution in [1.82, 2.24) is 5.32 Å². The van der Waals surface area contributed by atoms with Gasteiger partial charge < -0.3 is 5.32 Å². The average Bonchev–Trinajstić information content (AvgIpc) is 2.60. The van der Waals surface area contributed by atoms with E-state index in [4.69, 9.17) is 0 Å². The minimum Gasteiger partial charge on any atom is -0.305 e. The highest BCUT2D eigenvalue weighted by Gasteiger charge is 2.27. The van der Waals surface area contributed by atoms with E-state index in [0.717, 1.165) is 31.2 Å². The first kappa shape index (κ1) is 22.6. The molecule has 26 heavy (non-hydrogen) atoms. The Balaban J connectivity index is 2.83. The number of Topliss-reactive ketones (excluding diaryl/α,β-unsaturated/α-hetero) is 2. The van der Waals surface area contributed by atoms with E-state index < -0.39 is 0 Å². The highest BCUT2D eigenvalue weighted by Crippen LogP contribution is 2.21. The maximum atomic E-state index is 13.0. The molecule has 1 N–H and O–H groups in total. The minimum atomic E-state index is -0.231. The van der Waals surface area contributed by atoms with Crippen molar-refractivity contribution in [2.75, 3.05) is 0 Å². The molecule has 3 heteroatoms. The maximum Gasteiger partial charge on any atom is 0.150 e. The van der Waals surface area contributed by atoms with Crippen molar-refractivity contribution >= 4 is 11.6 Å². The summed E-state index contributed by atoms with van der Waals surface area (Å²) in [6.07, 6.45) is 5.13. The van der Waals surface area contributed by atoms with Crippen molar-refractivity contribution < 1.29 is 9.59 Å². The third kappa shape index (κ3) is 8.27. The van der Waals surface area contributed by atoms with Crippen LogP contribution in [0.5, 0.6) is 0 Å². The molecule has 1 rings (SSSR count). The Bertz CT molecular complexity index is 536. The quantitative estimate of drug-likeness (QED) is 0.505. The normalized spacial score (nSPS) is 13.8. The Hall–Kier alpha value is -1.48. The predicted molar refractivity (Wildman–Crippen MR) is 109 cm³/mol. The summed E-state index contributed by atoms with van der Waals surface area (Å²) in [6, 6.07) is 10.1. The Morgan fingerprint density at radius 3 is 2.19 bits per heavy atom. The molecule has 1 aromatic rings. The number of hydrogen-bond donors (Lipinski definition) is 1. The summed E-state index contributed by atoms with van der Waals surface area (Å²) >= 11 is 0. The van der Waals surface area contributed by atoms with Crippen molar-refractivity contribution in [2.45, 2.75) is 85.2 Å². The van der Waals surface area contributed by atoms with E-state index in [9.17, 15) is 9.59 Å². The number of benzene rings is 1. The zero-order valence-electron chi connectivity index (χ0n) is 17.3. The molecule has 146 valence electrons. The second kappa shape index (κ2) is 12.0. The molecule has 0 aliphatic rings. The summed E-state index contributed by atoms with van der Waals surface area (Å²) in [7, 11) is 0. The van der Waals surface area contributed by atoms with Gasteiger partial charge in [-0.2, -0.15) is 0 Å². The lowest BCUT2D eigenvalue weighted by Crippen LogP contribution is -2.43. The molecule has 0 bridgehead atoms. The highest BCUT2D eigenvalue weighted by atomic mass is 16.1. The molecule has 2 unspecified atom stereocenters. The molecule has 0 aliphatic heterocycles. The van der Waals surface area contributed by atoms with Crippen LogP contribution in [0.3, 0.4) is 0 Å². The lowest BCUT2D eigenvalue weighted by molar-refractivity contribution is -0.131. The zero-order valence-corrected chi connectivity index (χ0v) is 17.3. The SMILES string of the molecule is CCCCCC(CC(=O)C(Cc1ccccc1)NC(C)C)C(=O)C(C)C. The van der Waals surface area contributed by atoms with Crippen molar-refractivity contribution in [3.05, 3.63) is 35.9 Å². The van der Waals surface area contributed by atoms with E-state index in [1.54, 1.807) is 0 Å². The second-order valence-corrected chi connectivity index (χ2v) is 7.98. The van der Waals surface area contributed by atoms with Gasteiger partial charge in [0, 0.05) is 24.3 Å². The molecule has 0 saturated heterocycles. The summed E-state index contributed by atoms with van der Waals surface area (Å²) in [5.74, 6) is 0.247. The standard InChI is InChI=1S/C23H37NO2/c1-6-7-9-14-20(23(26)17(2)3)16-22(25)21(24-18(4)5)15-19-12-10-8-11-13-19/h8,10-13,17-18,20-21,24H,6-7,9,14-16H2,1-5H3. The fraction of sp³-hybridized carbons (Fsp3) is 0.652. The van der Waals surface area contributed by atoms with Crippen molar-refractivity contribution in [3.8, 4) is 0 Å². The van der Waals surface area contributed by atoms with Crippen LogP contribution in [0.15, 0.2) is 30.3 Å². The van der Waals surface area contributed by atoms with Crippen LogP contribution in [0.4, 0.5) is 0 Å². The van der Waals surface area contributed by atoms with E-state index in [-0.39, 0.29) is 35.5 Å². The first-order valence-corrected chi connectivity index (χ1v) is 10.2. The summed E-state index contributed by atoms with van der Waals surface area (Å²) in [6.45, 7) is 10.2. The number of rotatable bonds is 13. The third-order valence-electron chi connectivity index (χ3n) is 4.78. The monoisotopic (exact) mass is 359 g/mol. The van der Waals surface area contributed by atoms with Gasteiger partial charge in [-0.05, 0) is 18.4 Å². The lowest BCUT2D eigenvalue weighted by Gasteiger charge is -2.24. The lowest BCUT2D eigenvalue weighted by atomic mass is 9.84. The Morgan fingerprint density at radius 1 is 1.00 bits per heavy atom. The van der Waals surface area contributed by atoms with Gasteiger partial charge in [-0.25, -0.2) is 0 Å². The van der Waals surface area contributed by atoms with Crippen LogP contribution in [0.25, 0.3) is 0 Å². The summed E-state index contributed by atoms with van der Waals surface area (Å²) in [5.41, 5.74) is 1.15. The van der Waals surface area contributed by atoms with Gasteiger partial charge in [-0.15, -0.1) is 0 Å². The van der Waals surface area contributed by atoms with Crippen LogP contribution in [0.2, 0.25) is 0 Å². The highest BCUT2D eigenvalue weighted by molar-refractivity contribution is 5.91. The van der Waals surface area contributed by atoms with Crippen LogP contribution in [0, 0.1) is 11.8 Å². The van der Waals surface area contributed by atoms with Crippen LogP contribution < -0.4 is 5.32 Å². The molecule has 3 nitrogen and oxygen atoms in total. The molecule has 0 amide bonds. The first-order valence-electron chi connectivity index (χ1n) is 10.2. The number of nitrogens with one attached hydrogen (secondary N) is 1. The van der Waals surface area contributed by atoms with Gasteiger partial charge in [0.2, 0.25) is 0 Å². The van der Waals surface area contributed by atoms with E-state index in [2.05, 4.69) is 38.2 Å². The molecular formula is C23H37NO2. The van der Waals surface area contributed by atoms with Gasteiger partial charge in [-0.1, -0.05) is 84.2 Å². The van der Waals surface area contributed by atoms with E-state index in [1.165, 1.54) is 0 Å². The van der Waals surface area contributed by atoms with Crippen molar-refractivity contribution in [2.24, 2.45) is 11.8 Å². The van der Waals surface area contributed by atoms with Crippen molar-refractivity contribution in [1.29, 1.82) is 0 Å². The van der Waals surface area contributed by atoms with Crippen LogP contribution in [0.1, 0.15) is 72.3 Å². The molecule has 0 saturated carbocycles. The molecule has 2 atom stereocenters. The molecule has 0 fully saturated rings. The smallest absolute Gasteiger partial charge is 0.150 e. The molecule has 0 heterocycles. The van der Waals surface area contributed by atoms with E-state index >= 15 is 0 Å². The maximum absolute atomic E-state index is 13.0. The number of carbonyl (C=O) groups is 2. The fourth-order valence-electron chi connectivity index (χ4n) is 3.36. The number of unbranched alkanes of at least 4 members (excludes halogenated alkanes) is 2. The van der Waals surface area contributed by atoms with Gasteiger partial charge >= 0.3 is 0 Å². The third-order valence-corrected chi connectivity index (χ3v) is 4.78. The Labute approximate surface area is 160 Å². The van der Waals surface area contributed by atoms with Gasteiger partial charge in [0.25, 0.3) is 0 Å². The predicted octanol–water partition coefficient (Wildman–Crippen LogP) is 4.98.